The fraction of sp³-hybridized carbons (Fsp3) is 0.350. The van der Waals surface area contributed by atoms with Crippen LogP contribution in [0.4, 0.5) is 5.69 Å². The predicted molar refractivity (Wildman–Crippen MR) is 109 cm³/mol. The zero-order valence-corrected chi connectivity index (χ0v) is 15.9. The molecule has 27 heavy (non-hydrogen) atoms. The van der Waals surface area contributed by atoms with Gasteiger partial charge in [0, 0.05) is 34.8 Å². The Kier molecular flexibility index (Phi) is 6.42. The highest BCUT2D eigenvalue weighted by molar-refractivity contribution is 5.93. The minimum absolute atomic E-state index is 0. The van der Waals surface area contributed by atoms with Crippen LogP contribution in [0.3, 0.4) is 0 Å². The molecule has 6 nitrogen and oxygen atoms in total. The Bertz CT molecular complexity index is 904. The second kappa shape index (κ2) is 8.97. The number of aryl methyl sites for hydroxylation is 1. The van der Waals surface area contributed by atoms with E-state index in [0.29, 0.717) is 18.8 Å². The molecular formula is C20H24ClN5O. The van der Waals surface area contributed by atoms with E-state index in [1.165, 1.54) is 0 Å². The second-order valence-corrected chi connectivity index (χ2v) is 6.80. The first kappa shape index (κ1) is 19.3. The number of hydrogen-bond acceptors (Lipinski definition) is 4. The van der Waals surface area contributed by atoms with Crippen molar-refractivity contribution in [1.82, 2.24) is 20.5 Å². The number of nitrogens with zero attached hydrogens (tertiary/aromatic N) is 2. The SMILES string of the molecule is Cl.O=C(CCc1cccc(C2CCNCC2)n1)Nc1ccc2[nH]ncc2c1. The van der Waals surface area contributed by atoms with Crippen LogP contribution in [-0.4, -0.2) is 34.2 Å². The number of carbonyl (C=O) groups is 1. The number of halogens is 1. The molecule has 7 heteroatoms. The van der Waals surface area contributed by atoms with E-state index in [2.05, 4.69) is 33.0 Å². The van der Waals surface area contributed by atoms with Gasteiger partial charge >= 0.3 is 0 Å². The molecule has 0 atom stereocenters. The first-order valence-corrected chi connectivity index (χ1v) is 9.17. The van der Waals surface area contributed by atoms with Crippen molar-refractivity contribution in [2.24, 2.45) is 0 Å². The molecule has 3 heterocycles. The third-order valence-electron chi connectivity index (χ3n) is 4.92. The van der Waals surface area contributed by atoms with Crippen molar-refractivity contribution < 1.29 is 4.79 Å². The molecule has 0 unspecified atom stereocenters. The van der Waals surface area contributed by atoms with E-state index in [0.717, 1.165) is 53.9 Å². The van der Waals surface area contributed by atoms with E-state index in [9.17, 15) is 4.79 Å². The smallest absolute Gasteiger partial charge is 0.224 e. The van der Waals surface area contributed by atoms with Crippen LogP contribution in [0.25, 0.3) is 10.9 Å². The van der Waals surface area contributed by atoms with Gasteiger partial charge in [-0.25, -0.2) is 0 Å². The lowest BCUT2D eigenvalue weighted by molar-refractivity contribution is -0.116. The summed E-state index contributed by atoms with van der Waals surface area (Å²) in [7, 11) is 0. The number of amides is 1. The molecule has 1 fully saturated rings. The van der Waals surface area contributed by atoms with Crippen molar-refractivity contribution in [3.63, 3.8) is 0 Å². The van der Waals surface area contributed by atoms with Crippen LogP contribution >= 0.6 is 12.4 Å². The first-order chi connectivity index (χ1) is 12.8. The average Bonchev–Trinajstić information content (AvgIpc) is 3.15. The topological polar surface area (TPSA) is 82.7 Å². The normalized spacial score (nSPS) is 14.7. The van der Waals surface area contributed by atoms with Crippen LogP contribution in [0.15, 0.2) is 42.6 Å². The quantitative estimate of drug-likeness (QED) is 0.628. The lowest BCUT2D eigenvalue weighted by atomic mass is 9.94. The maximum atomic E-state index is 12.3. The molecule has 3 N–H and O–H groups in total. The van der Waals surface area contributed by atoms with E-state index in [4.69, 9.17) is 4.98 Å². The van der Waals surface area contributed by atoms with Gasteiger partial charge in [-0.1, -0.05) is 6.07 Å². The molecule has 1 saturated heterocycles. The Morgan fingerprint density at radius 2 is 2.04 bits per heavy atom. The summed E-state index contributed by atoms with van der Waals surface area (Å²) in [6.45, 7) is 2.11. The van der Waals surface area contributed by atoms with Crippen molar-refractivity contribution in [2.45, 2.75) is 31.6 Å². The van der Waals surface area contributed by atoms with Crippen LogP contribution in [0.1, 0.15) is 36.6 Å². The molecule has 0 saturated carbocycles. The summed E-state index contributed by atoms with van der Waals surface area (Å²) in [6, 6.07) is 11.9. The molecule has 0 radical (unpaired) electrons. The minimum Gasteiger partial charge on any atom is -0.326 e. The van der Waals surface area contributed by atoms with Gasteiger partial charge in [0.05, 0.1) is 11.7 Å². The summed E-state index contributed by atoms with van der Waals surface area (Å²) in [5.41, 5.74) is 3.90. The minimum atomic E-state index is 0. The first-order valence-electron chi connectivity index (χ1n) is 9.17. The summed E-state index contributed by atoms with van der Waals surface area (Å²) in [6.07, 6.45) is 5.09. The number of carbonyl (C=O) groups excluding carboxylic acids is 1. The molecule has 2 aromatic heterocycles. The number of fused-ring (bicyclic) bond motifs is 1. The van der Waals surface area contributed by atoms with E-state index >= 15 is 0 Å². The monoisotopic (exact) mass is 385 g/mol. The Morgan fingerprint density at radius 1 is 1.19 bits per heavy atom. The van der Waals surface area contributed by atoms with Crippen molar-refractivity contribution in [2.75, 3.05) is 18.4 Å². The Labute approximate surface area is 164 Å². The van der Waals surface area contributed by atoms with E-state index in [1.807, 2.05) is 24.3 Å². The number of hydrogen-bond donors (Lipinski definition) is 3. The predicted octanol–water partition coefficient (Wildman–Crippen LogP) is 3.42. The fourth-order valence-electron chi connectivity index (χ4n) is 3.47. The third-order valence-corrected chi connectivity index (χ3v) is 4.92. The van der Waals surface area contributed by atoms with Crippen LogP contribution in [0.2, 0.25) is 0 Å². The number of aromatic amines is 1. The molecule has 4 rings (SSSR count). The number of aromatic nitrogens is 3. The van der Waals surface area contributed by atoms with Crippen LogP contribution < -0.4 is 10.6 Å². The van der Waals surface area contributed by atoms with Gasteiger partial charge in [-0.2, -0.15) is 5.10 Å². The zero-order chi connectivity index (χ0) is 17.8. The van der Waals surface area contributed by atoms with Gasteiger partial charge < -0.3 is 10.6 Å². The number of pyridine rings is 1. The number of H-pyrrole nitrogens is 1. The third kappa shape index (κ3) is 4.84. The van der Waals surface area contributed by atoms with E-state index < -0.39 is 0 Å². The molecule has 1 aliphatic heterocycles. The molecule has 142 valence electrons. The maximum absolute atomic E-state index is 12.3. The maximum Gasteiger partial charge on any atom is 0.224 e. The lowest BCUT2D eigenvalue weighted by Gasteiger charge is -2.22. The molecule has 1 aromatic carbocycles. The summed E-state index contributed by atoms with van der Waals surface area (Å²) < 4.78 is 0. The number of rotatable bonds is 5. The lowest BCUT2D eigenvalue weighted by Crippen LogP contribution is -2.27. The standard InChI is InChI=1S/C20H23N5O.ClH/c26-20(24-17-4-6-19-15(12-17)13-22-25-19)7-5-16-2-1-3-18(23-16)14-8-10-21-11-9-14;/h1-4,6,12-14,21H,5,7-11H2,(H,22,25)(H,24,26);1H. The van der Waals surface area contributed by atoms with E-state index in [1.54, 1.807) is 6.20 Å². The van der Waals surface area contributed by atoms with E-state index in [-0.39, 0.29) is 18.3 Å². The number of anilines is 1. The highest BCUT2D eigenvalue weighted by Gasteiger charge is 2.16. The van der Waals surface area contributed by atoms with Gasteiger partial charge in [-0.05, 0) is 62.7 Å². The Hall–Kier alpha value is -2.44. The summed E-state index contributed by atoms with van der Waals surface area (Å²) in [4.78, 5) is 17.1. The average molecular weight is 386 g/mol. The van der Waals surface area contributed by atoms with Crippen LogP contribution in [0.5, 0.6) is 0 Å². The molecule has 1 amide bonds. The highest BCUT2D eigenvalue weighted by Crippen LogP contribution is 2.23. The summed E-state index contributed by atoms with van der Waals surface area (Å²) in [5.74, 6) is 0.536. The van der Waals surface area contributed by atoms with Gasteiger partial charge in [-0.15, -0.1) is 12.4 Å². The van der Waals surface area contributed by atoms with Crippen molar-refractivity contribution in [1.29, 1.82) is 0 Å². The Balaban J connectivity index is 0.00000210. The number of piperidine rings is 1. The van der Waals surface area contributed by atoms with Crippen LogP contribution in [0, 0.1) is 0 Å². The van der Waals surface area contributed by atoms with Gasteiger partial charge in [0.15, 0.2) is 0 Å². The molecule has 1 aliphatic rings. The second-order valence-electron chi connectivity index (χ2n) is 6.80. The molecule has 0 bridgehead atoms. The number of benzene rings is 1. The molecule has 3 aromatic rings. The summed E-state index contributed by atoms with van der Waals surface area (Å²) >= 11 is 0. The van der Waals surface area contributed by atoms with Crippen molar-refractivity contribution in [3.05, 3.63) is 54.0 Å². The fourth-order valence-corrected chi connectivity index (χ4v) is 3.47. The number of nitrogens with one attached hydrogen (secondary N) is 3. The Morgan fingerprint density at radius 3 is 2.89 bits per heavy atom. The molecule has 0 spiro atoms. The van der Waals surface area contributed by atoms with Crippen molar-refractivity contribution >= 4 is 34.9 Å². The molecule has 0 aliphatic carbocycles. The van der Waals surface area contributed by atoms with Gasteiger partial charge in [0.2, 0.25) is 5.91 Å². The van der Waals surface area contributed by atoms with Gasteiger partial charge in [0.25, 0.3) is 0 Å². The van der Waals surface area contributed by atoms with Gasteiger partial charge in [0.1, 0.15) is 0 Å². The zero-order valence-electron chi connectivity index (χ0n) is 15.1. The largest absolute Gasteiger partial charge is 0.326 e. The van der Waals surface area contributed by atoms with Crippen molar-refractivity contribution in [3.8, 4) is 0 Å². The van der Waals surface area contributed by atoms with Gasteiger partial charge in [-0.3, -0.25) is 14.9 Å². The highest BCUT2D eigenvalue weighted by atomic mass is 35.5. The summed E-state index contributed by atoms with van der Waals surface area (Å²) in [5, 5.41) is 14.2. The van der Waals surface area contributed by atoms with Crippen LogP contribution in [-0.2, 0) is 11.2 Å². The molecular weight excluding hydrogens is 362 g/mol.